The standard InChI is InChI=1S/C13H14N2OS/c1-9-11-5-13(16)15(11)7-12(9)17-8-10-3-2-4-14-6-10/h2-4,6-7,9,11H,5,8H2,1H3/t9-,11+/m1/s1. The molecule has 4 heteroatoms. The number of nitrogens with zero attached hydrogens (tertiary/aromatic N) is 2. The average Bonchev–Trinajstić information content (AvgIpc) is 2.60. The van der Waals surface area contributed by atoms with E-state index >= 15 is 0 Å². The van der Waals surface area contributed by atoms with Crippen LogP contribution in [0.15, 0.2) is 35.6 Å². The van der Waals surface area contributed by atoms with Gasteiger partial charge in [0.25, 0.3) is 0 Å². The maximum Gasteiger partial charge on any atom is 0.228 e. The van der Waals surface area contributed by atoms with Gasteiger partial charge < -0.3 is 4.90 Å². The van der Waals surface area contributed by atoms with Crippen molar-refractivity contribution < 1.29 is 4.79 Å². The number of carbonyl (C=O) groups excluding carboxylic acids is 1. The lowest BCUT2D eigenvalue weighted by molar-refractivity contribution is -0.141. The van der Waals surface area contributed by atoms with E-state index in [0.717, 1.165) is 5.75 Å². The first-order valence-corrected chi connectivity index (χ1v) is 6.79. The molecule has 17 heavy (non-hydrogen) atoms. The minimum absolute atomic E-state index is 0.263. The number of aromatic nitrogens is 1. The number of thioether (sulfide) groups is 1. The highest BCUT2D eigenvalue weighted by Gasteiger charge is 2.44. The molecular formula is C13H14N2OS. The van der Waals surface area contributed by atoms with Crippen LogP contribution >= 0.6 is 11.8 Å². The Kier molecular flexibility index (Phi) is 2.67. The molecule has 3 heterocycles. The summed E-state index contributed by atoms with van der Waals surface area (Å²) in [7, 11) is 0. The molecule has 2 aliphatic rings. The molecule has 0 unspecified atom stereocenters. The number of rotatable bonds is 3. The molecule has 0 spiro atoms. The van der Waals surface area contributed by atoms with E-state index in [1.807, 2.05) is 35.1 Å². The first-order chi connectivity index (χ1) is 8.25. The van der Waals surface area contributed by atoms with Gasteiger partial charge in [0.2, 0.25) is 5.91 Å². The van der Waals surface area contributed by atoms with E-state index < -0.39 is 0 Å². The monoisotopic (exact) mass is 246 g/mol. The lowest BCUT2D eigenvalue weighted by Gasteiger charge is -2.35. The van der Waals surface area contributed by atoms with Gasteiger partial charge in [-0.2, -0.15) is 0 Å². The molecule has 1 aromatic heterocycles. The summed E-state index contributed by atoms with van der Waals surface area (Å²) in [6.45, 7) is 2.21. The van der Waals surface area contributed by atoms with Crippen LogP contribution in [-0.4, -0.2) is 21.8 Å². The minimum atomic E-state index is 0.263. The fourth-order valence-corrected chi connectivity index (χ4v) is 3.42. The van der Waals surface area contributed by atoms with Crippen LogP contribution in [0.4, 0.5) is 0 Å². The molecule has 0 aliphatic carbocycles. The maximum absolute atomic E-state index is 11.3. The summed E-state index contributed by atoms with van der Waals surface area (Å²) in [6, 6.07) is 4.47. The fraction of sp³-hybridized carbons (Fsp3) is 0.385. The van der Waals surface area contributed by atoms with Crippen molar-refractivity contribution in [2.75, 3.05) is 0 Å². The molecule has 3 nitrogen and oxygen atoms in total. The highest BCUT2D eigenvalue weighted by Crippen LogP contribution is 2.43. The fourth-order valence-electron chi connectivity index (χ4n) is 2.30. The third kappa shape index (κ3) is 1.86. The van der Waals surface area contributed by atoms with Crippen LogP contribution in [0, 0.1) is 5.92 Å². The van der Waals surface area contributed by atoms with Crippen molar-refractivity contribution in [1.82, 2.24) is 9.88 Å². The molecule has 2 atom stereocenters. The predicted molar refractivity (Wildman–Crippen MR) is 68.0 cm³/mol. The second-order valence-corrected chi connectivity index (χ2v) is 5.59. The lowest BCUT2D eigenvalue weighted by atomic mass is 9.94. The summed E-state index contributed by atoms with van der Waals surface area (Å²) in [6.07, 6.45) is 6.43. The first-order valence-electron chi connectivity index (χ1n) is 5.80. The molecule has 1 fully saturated rings. The van der Waals surface area contributed by atoms with Gasteiger partial charge in [-0.05, 0) is 11.6 Å². The SMILES string of the molecule is C[C@H]1C(SCc2cccnc2)=CN2C(=O)C[C@@H]12. The molecular weight excluding hydrogens is 232 g/mol. The third-order valence-corrected chi connectivity index (χ3v) is 4.74. The Balaban J connectivity index is 1.65. The van der Waals surface area contributed by atoms with Gasteiger partial charge in [-0.3, -0.25) is 9.78 Å². The number of β-lactam (4-membered cyclic amide) rings is 1. The van der Waals surface area contributed by atoms with Gasteiger partial charge >= 0.3 is 0 Å². The van der Waals surface area contributed by atoms with Crippen molar-refractivity contribution in [2.45, 2.75) is 25.1 Å². The molecule has 1 saturated heterocycles. The van der Waals surface area contributed by atoms with Crippen LogP contribution in [0.1, 0.15) is 18.9 Å². The Bertz CT molecular complexity index is 472. The van der Waals surface area contributed by atoms with Gasteiger partial charge in [0.05, 0.1) is 6.04 Å². The molecule has 2 aliphatic heterocycles. The van der Waals surface area contributed by atoms with Gasteiger partial charge in [0.1, 0.15) is 0 Å². The number of amides is 1. The molecule has 0 N–H and O–H groups in total. The Morgan fingerprint density at radius 1 is 1.59 bits per heavy atom. The van der Waals surface area contributed by atoms with Gasteiger partial charge in [-0.15, -0.1) is 11.8 Å². The van der Waals surface area contributed by atoms with E-state index in [1.165, 1.54) is 10.5 Å². The zero-order valence-corrected chi connectivity index (χ0v) is 10.5. The van der Waals surface area contributed by atoms with Crippen molar-refractivity contribution in [2.24, 2.45) is 5.92 Å². The summed E-state index contributed by atoms with van der Waals surface area (Å²) in [5.74, 6) is 1.69. The summed E-state index contributed by atoms with van der Waals surface area (Å²) in [5, 5.41) is 0. The van der Waals surface area contributed by atoms with Gasteiger partial charge in [-0.1, -0.05) is 13.0 Å². The third-order valence-electron chi connectivity index (χ3n) is 3.45. The minimum Gasteiger partial charge on any atom is -0.314 e. The number of pyridine rings is 1. The molecule has 3 rings (SSSR count). The smallest absolute Gasteiger partial charge is 0.228 e. The summed E-state index contributed by atoms with van der Waals surface area (Å²) < 4.78 is 0. The first kappa shape index (κ1) is 10.8. The van der Waals surface area contributed by atoms with Crippen molar-refractivity contribution in [3.05, 3.63) is 41.2 Å². The second kappa shape index (κ2) is 4.18. The molecule has 1 aromatic rings. The van der Waals surface area contributed by atoms with Crippen molar-refractivity contribution in [3.8, 4) is 0 Å². The van der Waals surface area contributed by atoms with Crippen LogP contribution in [0.5, 0.6) is 0 Å². The molecule has 1 amide bonds. The van der Waals surface area contributed by atoms with E-state index in [0.29, 0.717) is 18.4 Å². The van der Waals surface area contributed by atoms with Crippen LogP contribution in [-0.2, 0) is 10.5 Å². The molecule has 0 aromatic carbocycles. The highest BCUT2D eigenvalue weighted by atomic mass is 32.2. The topological polar surface area (TPSA) is 33.2 Å². The van der Waals surface area contributed by atoms with E-state index in [4.69, 9.17) is 0 Å². The van der Waals surface area contributed by atoms with Crippen LogP contribution < -0.4 is 0 Å². The van der Waals surface area contributed by atoms with Crippen LogP contribution in [0.2, 0.25) is 0 Å². The largest absolute Gasteiger partial charge is 0.314 e. The lowest BCUT2D eigenvalue weighted by Crippen LogP contribution is -2.48. The number of fused-ring (bicyclic) bond motifs is 1. The Hall–Kier alpha value is -1.29. The Morgan fingerprint density at radius 2 is 2.47 bits per heavy atom. The maximum atomic E-state index is 11.3. The molecule has 0 saturated carbocycles. The average molecular weight is 246 g/mol. The predicted octanol–water partition coefficient (Wildman–Crippen LogP) is 2.41. The number of hydrogen-bond donors (Lipinski definition) is 0. The Labute approximate surface area is 105 Å². The zero-order chi connectivity index (χ0) is 11.8. The van der Waals surface area contributed by atoms with Crippen molar-refractivity contribution >= 4 is 17.7 Å². The van der Waals surface area contributed by atoms with E-state index in [9.17, 15) is 4.79 Å². The normalized spacial score (nSPS) is 26.5. The van der Waals surface area contributed by atoms with Crippen molar-refractivity contribution in [3.63, 3.8) is 0 Å². The summed E-state index contributed by atoms with van der Waals surface area (Å²) in [4.78, 5) is 18.7. The number of hydrogen-bond acceptors (Lipinski definition) is 3. The highest BCUT2D eigenvalue weighted by molar-refractivity contribution is 8.02. The van der Waals surface area contributed by atoms with Crippen LogP contribution in [0.3, 0.4) is 0 Å². The molecule has 0 bridgehead atoms. The zero-order valence-electron chi connectivity index (χ0n) is 9.67. The van der Waals surface area contributed by atoms with Crippen LogP contribution in [0.25, 0.3) is 0 Å². The summed E-state index contributed by atoms with van der Waals surface area (Å²) >= 11 is 1.82. The molecule has 88 valence electrons. The van der Waals surface area contributed by atoms with E-state index in [1.54, 1.807) is 6.20 Å². The Morgan fingerprint density at radius 3 is 3.12 bits per heavy atom. The van der Waals surface area contributed by atoms with E-state index in [2.05, 4.69) is 18.0 Å². The number of carbonyl (C=O) groups is 1. The summed E-state index contributed by atoms with van der Waals surface area (Å²) in [5.41, 5.74) is 1.23. The molecule has 0 radical (unpaired) electrons. The van der Waals surface area contributed by atoms with Gasteiger partial charge in [-0.25, -0.2) is 0 Å². The van der Waals surface area contributed by atoms with Gasteiger partial charge in [0.15, 0.2) is 0 Å². The van der Waals surface area contributed by atoms with E-state index in [-0.39, 0.29) is 5.91 Å². The quantitative estimate of drug-likeness (QED) is 0.768. The second-order valence-electron chi connectivity index (χ2n) is 4.54. The van der Waals surface area contributed by atoms with Crippen molar-refractivity contribution in [1.29, 1.82) is 0 Å². The van der Waals surface area contributed by atoms with Gasteiger partial charge in [0, 0.05) is 41.6 Å².